The summed E-state index contributed by atoms with van der Waals surface area (Å²) in [6.07, 6.45) is 8.53. The third-order valence-electron chi connectivity index (χ3n) is 4.54. The number of benzene rings is 1. The fourth-order valence-electron chi connectivity index (χ4n) is 2.98. The molecule has 2 aliphatic rings. The molecule has 3 rings (SSSR count). The zero-order valence-electron chi connectivity index (χ0n) is 15.0. The number of unbranched alkanes of at least 4 members (excludes halogenated alkanes) is 1. The van der Waals surface area contributed by atoms with Gasteiger partial charge in [0.25, 0.3) is 0 Å². The molecule has 1 aromatic carbocycles. The molecule has 0 aliphatic carbocycles. The number of carbonyl (C=O) groups excluding carboxylic acids is 2. The summed E-state index contributed by atoms with van der Waals surface area (Å²) < 4.78 is 11.0. The lowest BCUT2D eigenvalue weighted by atomic mass is 10.0. The molecule has 1 N–H and O–H groups in total. The van der Waals surface area contributed by atoms with E-state index < -0.39 is 0 Å². The minimum atomic E-state index is 0.0259. The summed E-state index contributed by atoms with van der Waals surface area (Å²) in [6, 6.07) is 5.82. The normalized spacial score (nSPS) is 15.4. The van der Waals surface area contributed by atoms with Gasteiger partial charge in [-0.25, -0.2) is 0 Å². The van der Waals surface area contributed by atoms with E-state index in [1.54, 1.807) is 24.3 Å². The maximum Gasteiger partial charge on any atom is 0.226 e. The summed E-state index contributed by atoms with van der Waals surface area (Å²) in [5.74, 6) is 0.799. The van der Waals surface area contributed by atoms with Gasteiger partial charge in [0.1, 0.15) is 12.4 Å². The summed E-state index contributed by atoms with van der Waals surface area (Å²) in [5.41, 5.74) is 2.76. The lowest BCUT2D eigenvalue weighted by molar-refractivity contribution is -0.128. The van der Waals surface area contributed by atoms with Gasteiger partial charge in [0.2, 0.25) is 11.8 Å². The van der Waals surface area contributed by atoms with E-state index in [1.165, 1.54) is 0 Å². The summed E-state index contributed by atoms with van der Waals surface area (Å²) >= 11 is 0. The molecule has 0 saturated heterocycles. The summed E-state index contributed by atoms with van der Waals surface area (Å²) in [6.45, 7) is 0.935. The van der Waals surface area contributed by atoms with Crippen LogP contribution in [0.3, 0.4) is 0 Å². The van der Waals surface area contributed by atoms with Crippen LogP contribution in [0.1, 0.15) is 31.2 Å². The second-order valence-corrected chi connectivity index (χ2v) is 6.39. The number of allylic oxidation sites excluding steroid dienone is 2. The van der Waals surface area contributed by atoms with Crippen molar-refractivity contribution in [3.63, 3.8) is 0 Å². The number of carbonyl (C=O) groups is 2. The third kappa shape index (κ3) is 4.45. The molecule has 0 aromatic heterocycles. The molecule has 138 valence electrons. The number of rotatable bonds is 7. The molecule has 0 saturated carbocycles. The van der Waals surface area contributed by atoms with Gasteiger partial charge in [-0.15, -0.1) is 0 Å². The van der Waals surface area contributed by atoms with Crippen molar-refractivity contribution in [3.8, 4) is 5.75 Å². The molecule has 0 atom stereocenters. The maximum absolute atomic E-state index is 12.2. The maximum atomic E-state index is 12.2. The molecule has 2 amide bonds. The van der Waals surface area contributed by atoms with E-state index in [-0.39, 0.29) is 11.8 Å². The molecule has 26 heavy (non-hydrogen) atoms. The monoisotopic (exact) mass is 356 g/mol. The van der Waals surface area contributed by atoms with E-state index in [4.69, 9.17) is 9.47 Å². The molecule has 0 spiro atoms. The Bertz CT molecular complexity index is 739. The Morgan fingerprint density at radius 1 is 1.31 bits per heavy atom. The highest BCUT2D eigenvalue weighted by molar-refractivity contribution is 5.95. The molecule has 0 radical (unpaired) electrons. The fourth-order valence-corrected chi connectivity index (χ4v) is 2.98. The zero-order valence-corrected chi connectivity index (χ0v) is 15.0. The molecule has 2 aliphatic heterocycles. The number of aryl methyl sites for hydroxylation is 1. The molecule has 0 bridgehead atoms. The topological polar surface area (TPSA) is 67.9 Å². The van der Waals surface area contributed by atoms with Gasteiger partial charge in [-0.3, -0.25) is 9.59 Å². The number of para-hydroxylation sites is 1. The van der Waals surface area contributed by atoms with Gasteiger partial charge in [-0.1, -0.05) is 12.1 Å². The van der Waals surface area contributed by atoms with Crippen LogP contribution >= 0.6 is 0 Å². The Morgan fingerprint density at radius 2 is 2.19 bits per heavy atom. The number of nitrogens with zero attached hydrogens (tertiary/aromatic N) is 1. The van der Waals surface area contributed by atoms with Crippen molar-refractivity contribution in [2.24, 2.45) is 0 Å². The number of amides is 2. The van der Waals surface area contributed by atoms with E-state index >= 15 is 0 Å². The van der Waals surface area contributed by atoms with Crippen molar-refractivity contribution in [2.75, 3.05) is 25.6 Å². The van der Waals surface area contributed by atoms with Crippen molar-refractivity contribution in [1.29, 1.82) is 0 Å². The van der Waals surface area contributed by atoms with Crippen molar-refractivity contribution in [3.05, 3.63) is 47.9 Å². The number of hydrogen-bond acceptors (Lipinski definition) is 4. The average Bonchev–Trinajstić information content (AvgIpc) is 2.68. The van der Waals surface area contributed by atoms with Crippen LogP contribution in [0.5, 0.6) is 5.75 Å². The first kappa shape index (κ1) is 18.0. The van der Waals surface area contributed by atoms with Crippen LogP contribution in [0, 0.1) is 0 Å². The van der Waals surface area contributed by atoms with E-state index in [0.29, 0.717) is 31.8 Å². The van der Waals surface area contributed by atoms with E-state index in [9.17, 15) is 9.59 Å². The van der Waals surface area contributed by atoms with Crippen molar-refractivity contribution >= 4 is 17.5 Å². The predicted octanol–water partition coefficient (Wildman–Crippen LogP) is 3.01. The van der Waals surface area contributed by atoms with Gasteiger partial charge >= 0.3 is 0 Å². The molecule has 6 nitrogen and oxygen atoms in total. The molecule has 2 heterocycles. The van der Waals surface area contributed by atoms with Crippen LogP contribution in [-0.2, 0) is 20.7 Å². The van der Waals surface area contributed by atoms with Crippen LogP contribution in [0.4, 0.5) is 5.69 Å². The first-order valence-electron chi connectivity index (χ1n) is 8.93. The van der Waals surface area contributed by atoms with E-state index in [2.05, 4.69) is 5.32 Å². The molecular formula is C20H24N2O4. The summed E-state index contributed by atoms with van der Waals surface area (Å²) in [5, 5.41) is 2.89. The van der Waals surface area contributed by atoms with Crippen molar-refractivity contribution < 1.29 is 19.1 Å². The van der Waals surface area contributed by atoms with Gasteiger partial charge < -0.3 is 19.7 Å². The first-order valence-corrected chi connectivity index (χ1v) is 8.93. The second kappa shape index (κ2) is 8.56. The number of hydrogen-bond donors (Lipinski definition) is 1. The van der Waals surface area contributed by atoms with Gasteiger partial charge in [0.05, 0.1) is 24.3 Å². The molecule has 0 unspecified atom stereocenters. The van der Waals surface area contributed by atoms with Gasteiger partial charge in [0, 0.05) is 19.9 Å². The Hall–Kier alpha value is -2.76. The number of anilines is 1. The fraction of sp³-hybridized carbons (Fsp3) is 0.400. The second-order valence-electron chi connectivity index (χ2n) is 6.39. The van der Waals surface area contributed by atoms with Crippen LogP contribution in [0.25, 0.3) is 0 Å². The minimum absolute atomic E-state index is 0.0259. The van der Waals surface area contributed by atoms with Gasteiger partial charge in [-0.2, -0.15) is 0 Å². The predicted molar refractivity (Wildman–Crippen MR) is 98.7 cm³/mol. The van der Waals surface area contributed by atoms with Crippen LogP contribution in [0.15, 0.2) is 42.3 Å². The third-order valence-corrected chi connectivity index (χ3v) is 4.54. The number of likely N-dealkylation sites (N-methyl/N-ethyl adjacent to an activating group) is 1. The number of nitrogens with one attached hydrogen (secondary N) is 1. The van der Waals surface area contributed by atoms with Crippen LogP contribution in [-0.4, -0.2) is 37.0 Å². The highest BCUT2D eigenvalue weighted by atomic mass is 16.5. The van der Waals surface area contributed by atoms with E-state index in [0.717, 1.165) is 36.2 Å². The number of ether oxygens (including phenoxy) is 2. The molecule has 6 heteroatoms. The van der Waals surface area contributed by atoms with Gasteiger partial charge in [0.15, 0.2) is 0 Å². The molecule has 0 fully saturated rings. The highest BCUT2D eigenvalue weighted by Gasteiger charge is 2.18. The molecular weight excluding hydrogens is 332 g/mol. The lowest BCUT2D eigenvalue weighted by Crippen LogP contribution is -2.28. The summed E-state index contributed by atoms with van der Waals surface area (Å²) in [4.78, 5) is 25.5. The molecule has 1 aromatic rings. The zero-order chi connectivity index (χ0) is 18.4. The van der Waals surface area contributed by atoms with Crippen LogP contribution < -0.4 is 10.1 Å². The number of fused-ring (bicyclic) bond motifs is 1. The SMILES string of the molecule is CN(C(=O)CCCCOc1cccc2c1NC(=O)CC2)C1=CC=COC1. The average molecular weight is 356 g/mol. The first-order chi connectivity index (χ1) is 12.6. The Kier molecular flexibility index (Phi) is 5.94. The Morgan fingerprint density at radius 3 is 3.00 bits per heavy atom. The van der Waals surface area contributed by atoms with Crippen molar-refractivity contribution in [2.45, 2.75) is 32.1 Å². The smallest absolute Gasteiger partial charge is 0.226 e. The lowest BCUT2D eigenvalue weighted by Gasteiger charge is -2.22. The highest BCUT2D eigenvalue weighted by Crippen LogP contribution is 2.32. The largest absolute Gasteiger partial charge is 0.495 e. The van der Waals surface area contributed by atoms with Crippen molar-refractivity contribution in [1.82, 2.24) is 4.90 Å². The minimum Gasteiger partial charge on any atom is -0.495 e. The summed E-state index contributed by atoms with van der Waals surface area (Å²) in [7, 11) is 1.77. The van der Waals surface area contributed by atoms with Gasteiger partial charge in [-0.05, 0) is 43.0 Å². The van der Waals surface area contributed by atoms with Crippen LogP contribution in [0.2, 0.25) is 0 Å². The van der Waals surface area contributed by atoms with E-state index in [1.807, 2.05) is 24.3 Å². The Labute approximate surface area is 153 Å². The quantitative estimate of drug-likeness (QED) is 0.763. The Balaban J connectivity index is 1.42. The standard InChI is InChI=1S/C20H24N2O4/c1-22(16-7-5-12-25-14-16)19(24)9-2-3-13-26-17-8-4-6-15-10-11-18(23)21-20(15)17/h4-8,12H,2-3,9-11,13-14H2,1H3,(H,21,23).